The van der Waals surface area contributed by atoms with Gasteiger partial charge in [0.25, 0.3) is 0 Å². The van der Waals surface area contributed by atoms with E-state index in [2.05, 4.69) is 0 Å². The average molecular weight is 290 g/mol. The van der Waals surface area contributed by atoms with Gasteiger partial charge in [0.1, 0.15) is 5.02 Å². The summed E-state index contributed by atoms with van der Waals surface area (Å²) in [6, 6.07) is 1.09. The van der Waals surface area contributed by atoms with Crippen LogP contribution in [0.25, 0.3) is 0 Å². The van der Waals surface area contributed by atoms with Crippen LogP contribution in [-0.2, 0) is 4.79 Å². The maximum absolute atomic E-state index is 11.3. The largest absolute Gasteiger partial charge is 0.493 e. The first-order valence-electron chi connectivity index (χ1n) is 5.25. The van der Waals surface area contributed by atoms with E-state index in [1.807, 2.05) is 0 Å². The predicted octanol–water partition coefficient (Wildman–Crippen LogP) is 2.58. The molecule has 0 amide bonds. The van der Waals surface area contributed by atoms with E-state index in [9.17, 15) is 14.9 Å². The predicted molar refractivity (Wildman–Crippen MR) is 67.1 cm³/mol. The van der Waals surface area contributed by atoms with Crippen molar-refractivity contribution < 1.29 is 23.9 Å². The smallest absolute Gasteiger partial charge is 0.317 e. The van der Waals surface area contributed by atoms with Crippen LogP contribution >= 0.6 is 11.6 Å². The summed E-state index contributed by atoms with van der Waals surface area (Å²) in [6.45, 7) is 1.56. The SMILES string of the molecule is CCC(=O)Oc1c([N+](=O)[O-])cc(OC)c(OC)c1Cl. The van der Waals surface area contributed by atoms with Crippen LogP contribution in [0.1, 0.15) is 13.3 Å². The molecule has 0 saturated heterocycles. The Morgan fingerprint density at radius 1 is 1.37 bits per heavy atom. The van der Waals surface area contributed by atoms with Crippen LogP contribution in [0.3, 0.4) is 0 Å². The van der Waals surface area contributed by atoms with Crippen molar-refractivity contribution in [3.8, 4) is 17.2 Å². The van der Waals surface area contributed by atoms with E-state index < -0.39 is 16.6 Å². The number of nitro benzene ring substituents is 1. The molecule has 0 aliphatic rings. The molecule has 0 radical (unpaired) electrons. The molecule has 0 heterocycles. The zero-order valence-electron chi connectivity index (χ0n) is 10.6. The van der Waals surface area contributed by atoms with Crippen LogP contribution in [0, 0.1) is 10.1 Å². The van der Waals surface area contributed by atoms with E-state index in [-0.39, 0.29) is 28.7 Å². The number of hydrogen-bond donors (Lipinski definition) is 0. The second kappa shape index (κ2) is 6.24. The van der Waals surface area contributed by atoms with Gasteiger partial charge in [-0.2, -0.15) is 0 Å². The van der Waals surface area contributed by atoms with Gasteiger partial charge >= 0.3 is 11.7 Å². The van der Waals surface area contributed by atoms with E-state index in [0.717, 1.165) is 6.07 Å². The molecule has 0 fully saturated rings. The van der Waals surface area contributed by atoms with Crippen LogP contribution in [0.5, 0.6) is 17.2 Å². The van der Waals surface area contributed by atoms with Crippen molar-refractivity contribution in [2.75, 3.05) is 14.2 Å². The molecule has 19 heavy (non-hydrogen) atoms. The van der Waals surface area contributed by atoms with E-state index >= 15 is 0 Å². The van der Waals surface area contributed by atoms with E-state index in [1.54, 1.807) is 6.92 Å². The molecule has 7 nitrogen and oxygen atoms in total. The maximum Gasteiger partial charge on any atom is 0.317 e. The van der Waals surface area contributed by atoms with E-state index in [0.29, 0.717) is 0 Å². The minimum absolute atomic E-state index is 0.0574. The molecule has 1 aromatic carbocycles. The molecular weight excluding hydrogens is 278 g/mol. The van der Waals surface area contributed by atoms with Gasteiger partial charge in [-0.05, 0) is 0 Å². The van der Waals surface area contributed by atoms with Crippen LogP contribution < -0.4 is 14.2 Å². The summed E-state index contributed by atoms with van der Waals surface area (Å²) < 4.78 is 14.8. The fourth-order valence-corrected chi connectivity index (χ4v) is 1.65. The van der Waals surface area contributed by atoms with Crippen LogP contribution in [0.4, 0.5) is 5.69 Å². The van der Waals surface area contributed by atoms with Crippen molar-refractivity contribution in [2.45, 2.75) is 13.3 Å². The lowest BCUT2D eigenvalue weighted by atomic mass is 10.2. The Labute approximate surface area is 114 Å². The lowest BCUT2D eigenvalue weighted by Gasteiger charge is -2.12. The molecule has 1 rings (SSSR count). The molecule has 0 aliphatic carbocycles. The summed E-state index contributed by atoms with van der Waals surface area (Å²) >= 11 is 5.96. The Morgan fingerprint density at radius 3 is 2.42 bits per heavy atom. The number of esters is 1. The van der Waals surface area contributed by atoms with Gasteiger partial charge in [0, 0.05) is 6.42 Å². The first-order chi connectivity index (χ1) is 8.96. The monoisotopic (exact) mass is 289 g/mol. The standard InChI is InChI=1S/C11H12ClNO6/c1-4-8(14)19-10-6(13(15)16)5-7(17-2)11(18-3)9(10)12/h5H,4H2,1-3H3. The summed E-state index contributed by atoms with van der Waals surface area (Å²) in [6.07, 6.45) is 0.0574. The van der Waals surface area contributed by atoms with Gasteiger partial charge in [0.2, 0.25) is 5.75 Å². The lowest BCUT2D eigenvalue weighted by Crippen LogP contribution is -2.08. The van der Waals surface area contributed by atoms with Crippen molar-refractivity contribution in [3.63, 3.8) is 0 Å². The van der Waals surface area contributed by atoms with Crippen LogP contribution in [0.15, 0.2) is 6.07 Å². The highest BCUT2D eigenvalue weighted by Gasteiger charge is 2.28. The Kier molecular flexibility index (Phi) is 4.94. The zero-order valence-corrected chi connectivity index (χ0v) is 11.3. The average Bonchev–Trinajstić information content (AvgIpc) is 2.39. The summed E-state index contributed by atoms with van der Waals surface area (Å²) in [7, 11) is 2.64. The van der Waals surface area contributed by atoms with Crippen LogP contribution in [0.2, 0.25) is 5.02 Å². The molecule has 1 aromatic rings. The van der Waals surface area contributed by atoms with Gasteiger partial charge in [-0.15, -0.1) is 0 Å². The number of rotatable bonds is 5. The van der Waals surface area contributed by atoms with Crippen molar-refractivity contribution in [1.82, 2.24) is 0 Å². The normalized spacial score (nSPS) is 9.89. The van der Waals surface area contributed by atoms with E-state index in [1.165, 1.54) is 14.2 Å². The summed E-state index contributed by atoms with van der Waals surface area (Å²) in [5, 5.41) is 10.8. The Morgan fingerprint density at radius 2 is 2.00 bits per heavy atom. The number of benzene rings is 1. The first-order valence-corrected chi connectivity index (χ1v) is 5.63. The number of hydrogen-bond acceptors (Lipinski definition) is 6. The number of nitrogens with zero attached hydrogens (tertiary/aromatic N) is 1. The number of ether oxygens (including phenoxy) is 3. The lowest BCUT2D eigenvalue weighted by molar-refractivity contribution is -0.385. The van der Waals surface area contributed by atoms with Crippen molar-refractivity contribution in [3.05, 3.63) is 21.2 Å². The molecule has 0 unspecified atom stereocenters. The molecule has 8 heteroatoms. The molecule has 0 bridgehead atoms. The van der Waals surface area contributed by atoms with E-state index in [4.69, 9.17) is 25.8 Å². The number of halogens is 1. The van der Waals surface area contributed by atoms with Crippen molar-refractivity contribution >= 4 is 23.3 Å². The fraction of sp³-hybridized carbons (Fsp3) is 0.364. The van der Waals surface area contributed by atoms with Gasteiger partial charge in [0.05, 0.1) is 25.2 Å². The number of carbonyl (C=O) groups excluding carboxylic acids is 1. The van der Waals surface area contributed by atoms with Crippen LogP contribution in [-0.4, -0.2) is 25.1 Å². The Balaban J connectivity index is 3.48. The molecular formula is C11H12ClNO6. The fourth-order valence-electron chi connectivity index (χ4n) is 1.34. The molecule has 0 atom stereocenters. The van der Waals surface area contributed by atoms with Crippen molar-refractivity contribution in [2.24, 2.45) is 0 Å². The van der Waals surface area contributed by atoms with Gasteiger partial charge in [-0.25, -0.2) is 0 Å². The first kappa shape index (κ1) is 15.0. The molecule has 0 saturated carbocycles. The van der Waals surface area contributed by atoms with Gasteiger partial charge in [-0.3, -0.25) is 14.9 Å². The third-order valence-corrected chi connectivity index (χ3v) is 2.59. The highest BCUT2D eigenvalue weighted by atomic mass is 35.5. The number of methoxy groups -OCH3 is 2. The molecule has 0 aromatic heterocycles. The highest BCUT2D eigenvalue weighted by molar-refractivity contribution is 6.34. The number of carbonyl (C=O) groups is 1. The second-order valence-electron chi connectivity index (χ2n) is 3.36. The zero-order chi connectivity index (χ0) is 14.6. The molecule has 0 spiro atoms. The van der Waals surface area contributed by atoms with Crippen molar-refractivity contribution in [1.29, 1.82) is 0 Å². The quantitative estimate of drug-likeness (QED) is 0.358. The maximum atomic E-state index is 11.3. The third-order valence-electron chi connectivity index (χ3n) is 2.25. The second-order valence-corrected chi connectivity index (χ2v) is 3.74. The minimum Gasteiger partial charge on any atom is -0.493 e. The topological polar surface area (TPSA) is 87.9 Å². The molecule has 0 aliphatic heterocycles. The Bertz CT molecular complexity index is 516. The summed E-state index contributed by atoms with van der Waals surface area (Å²) in [4.78, 5) is 21.5. The number of nitro groups is 1. The summed E-state index contributed by atoms with van der Waals surface area (Å²) in [5.41, 5.74) is -0.468. The highest BCUT2D eigenvalue weighted by Crippen LogP contribution is 2.47. The Hall–Kier alpha value is -2.02. The van der Waals surface area contributed by atoms with Gasteiger partial charge in [-0.1, -0.05) is 18.5 Å². The minimum atomic E-state index is -0.716. The summed E-state index contributed by atoms with van der Waals surface area (Å²) in [5.74, 6) is -0.849. The van der Waals surface area contributed by atoms with Gasteiger partial charge in [0.15, 0.2) is 11.5 Å². The molecule has 104 valence electrons. The van der Waals surface area contributed by atoms with Gasteiger partial charge < -0.3 is 14.2 Å². The molecule has 0 N–H and O–H groups in total. The third kappa shape index (κ3) is 3.05.